The van der Waals surface area contributed by atoms with Gasteiger partial charge in [-0.15, -0.1) is 0 Å². The molecule has 2 N–H and O–H groups in total. The van der Waals surface area contributed by atoms with E-state index in [1.54, 1.807) is 0 Å². The fraction of sp³-hybridized carbons (Fsp3) is 0.273. The normalized spacial score (nSPS) is 18.5. The van der Waals surface area contributed by atoms with Crippen LogP contribution in [0.15, 0.2) is 66.9 Å². The van der Waals surface area contributed by atoms with E-state index in [2.05, 4.69) is 17.2 Å². The average Bonchev–Trinajstić information content (AvgIpc) is 2.73. The minimum atomic E-state index is -0.770. The molecule has 3 rings (SSSR count). The zero-order valence-corrected chi connectivity index (χ0v) is 16.2. The van der Waals surface area contributed by atoms with Gasteiger partial charge in [-0.1, -0.05) is 49.0 Å². The van der Waals surface area contributed by atoms with Gasteiger partial charge < -0.3 is 24.8 Å². The summed E-state index contributed by atoms with van der Waals surface area (Å²) in [6.45, 7) is 4.66. The standard InChI is InChI=1S/C22H24N2O5/c1-15-19(21(25)28-12-11-27-2)20(24-22(26)23-15)17-9-6-10-18(13-17)29-14-16-7-4-3-5-8-16/h3-10,13,19-20H,1,11-12,14H2,2H3,(H2,23,24,26)/t19-,20+/m1/s1. The van der Waals surface area contributed by atoms with Crippen LogP contribution in [0.5, 0.6) is 5.75 Å². The summed E-state index contributed by atoms with van der Waals surface area (Å²) in [5.41, 5.74) is 2.05. The second-order valence-corrected chi connectivity index (χ2v) is 6.59. The molecule has 1 fully saturated rings. The third-order valence-corrected chi connectivity index (χ3v) is 4.52. The molecule has 0 radical (unpaired) electrons. The van der Waals surface area contributed by atoms with Gasteiger partial charge in [-0.2, -0.15) is 0 Å². The van der Waals surface area contributed by atoms with E-state index in [0.717, 1.165) is 11.1 Å². The van der Waals surface area contributed by atoms with Crippen LogP contribution in [0.4, 0.5) is 4.79 Å². The van der Waals surface area contributed by atoms with Crippen molar-refractivity contribution in [2.24, 2.45) is 5.92 Å². The predicted molar refractivity (Wildman–Crippen MR) is 107 cm³/mol. The number of hydrogen-bond donors (Lipinski definition) is 2. The SMILES string of the molecule is C=C1NC(=O)N[C@@H](c2cccc(OCc3ccccc3)c2)[C@@H]1C(=O)OCCOC. The summed E-state index contributed by atoms with van der Waals surface area (Å²) in [5, 5.41) is 5.34. The van der Waals surface area contributed by atoms with E-state index in [-0.39, 0.29) is 18.9 Å². The van der Waals surface area contributed by atoms with E-state index < -0.39 is 24.0 Å². The minimum Gasteiger partial charge on any atom is -0.489 e. The van der Waals surface area contributed by atoms with Crippen molar-refractivity contribution in [1.29, 1.82) is 0 Å². The van der Waals surface area contributed by atoms with Crippen LogP contribution >= 0.6 is 0 Å². The lowest BCUT2D eigenvalue weighted by Crippen LogP contribution is -2.51. The highest BCUT2D eigenvalue weighted by Gasteiger charge is 2.39. The lowest BCUT2D eigenvalue weighted by atomic mass is 9.89. The van der Waals surface area contributed by atoms with Gasteiger partial charge in [0, 0.05) is 12.8 Å². The monoisotopic (exact) mass is 396 g/mol. The molecular formula is C22H24N2O5. The van der Waals surface area contributed by atoms with Crippen LogP contribution in [-0.4, -0.2) is 32.3 Å². The summed E-state index contributed by atoms with van der Waals surface area (Å²) in [4.78, 5) is 24.6. The zero-order valence-electron chi connectivity index (χ0n) is 16.2. The Morgan fingerprint density at radius 3 is 2.66 bits per heavy atom. The van der Waals surface area contributed by atoms with Crippen LogP contribution in [0.1, 0.15) is 17.2 Å². The second-order valence-electron chi connectivity index (χ2n) is 6.59. The van der Waals surface area contributed by atoms with Gasteiger partial charge >= 0.3 is 12.0 Å². The highest BCUT2D eigenvalue weighted by Crippen LogP contribution is 2.32. The van der Waals surface area contributed by atoms with Gasteiger partial charge in [-0.25, -0.2) is 4.79 Å². The molecule has 2 atom stereocenters. The molecule has 29 heavy (non-hydrogen) atoms. The van der Waals surface area contributed by atoms with Crippen LogP contribution in [0, 0.1) is 5.92 Å². The maximum absolute atomic E-state index is 12.6. The van der Waals surface area contributed by atoms with Crippen molar-refractivity contribution < 1.29 is 23.8 Å². The molecule has 0 bridgehead atoms. The summed E-state index contributed by atoms with van der Waals surface area (Å²) in [7, 11) is 1.53. The van der Waals surface area contributed by atoms with Crippen LogP contribution in [-0.2, 0) is 20.9 Å². The maximum atomic E-state index is 12.6. The molecule has 1 aliphatic heterocycles. The Kier molecular flexibility index (Phi) is 6.86. The molecule has 2 amide bonds. The smallest absolute Gasteiger partial charge is 0.319 e. The van der Waals surface area contributed by atoms with Gasteiger partial charge in [0.25, 0.3) is 0 Å². The highest BCUT2D eigenvalue weighted by molar-refractivity contribution is 5.85. The number of carbonyl (C=O) groups is 2. The third kappa shape index (κ3) is 5.36. The summed E-state index contributed by atoms with van der Waals surface area (Å²) in [6.07, 6.45) is 0. The topological polar surface area (TPSA) is 85.9 Å². The lowest BCUT2D eigenvalue weighted by molar-refractivity contribution is -0.149. The number of urea groups is 1. The van der Waals surface area contributed by atoms with Crippen molar-refractivity contribution in [3.63, 3.8) is 0 Å². The fourth-order valence-corrected chi connectivity index (χ4v) is 3.09. The summed E-state index contributed by atoms with van der Waals surface area (Å²) < 4.78 is 16.0. The molecule has 7 heteroatoms. The number of ether oxygens (including phenoxy) is 3. The summed E-state index contributed by atoms with van der Waals surface area (Å²) >= 11 is 0. The average molecular weight is 396 g/mol. The van der Waals surface area contributed by atoms with E-state index in [1.165, 1.54) is 7.11 Å². The number of nitrogens with one attached hydrogen (secondary N) is 2. The Hall–Kier alpha value is -3.32. The second kappa shape index (κ2) is 9.75. The number of esters is 1. The van der Waals surface area contributed by atoms with E-state index in [1.807, 2.05) is 54.6 Å². The lowest BCUT2D eigenvalue weighted by Gasteiger charge is -2.33. The number of methoxy groups -OCH3 is 1. The molecule has 0 saturated carbocycles. The molecule has 2 aromatic rings. The number of amides is 2. The van der Waals surface area contributed by atoms with Crippen molar-refractivity contribution in [1.82, 2.24) is 10.6 Å². The Labute approximate surface area is 169 Å². The van der Waals surface area contributed by atoms with E-state index in [4.69, 9.17) is 14.2 Å². The van der Waals surface area contributed by atoms with Crippen molar-refractivity contribution >= 4 is 12.0 Å². The largest absolute Gasteiger partial charge is 0.489 e. The van der Waals surface area contributed by atoms with Gasteiger partial charge in [0.1, 0.15) is 24.9 Å². The molecule has 0 unspecified atom stereocenters. The van der Waals surface area contributed by atoms with Crippen LogP contribution in [0.2, 0.25) is 0 Å². The first-order chi connectivity index (χ1) is 14.1. The predicted octanol–water partition coefficient (Wildman–Crippen LogP) is 2.94. The van der Waals surface area contributed by atoms with Gasteiger partial charge in [0.05, 0.1) is 12.6 Å². The Bertz CT molecular complexity index is 869. The third-order valence-electron chi connectivity index (χ3n) is 4.52. The molecule has 7 nitrogen and oxygen atoms in total. The Morgan fingerprint density at radius 2 is 1.90 bits per heavy atom. The van der Waals surface area contributed by atoms with Crippen LogP contribution in [0.25, 0.3) is 0 Å². The molecule has 0 spiro atoms. The Morgan fingerprint density at radius 1 is 1.10 bits per heavy atom. The van der Waals surface area contributed by atoms with Gasteiger partial charge in [0.15, 0.2) is 0 Å². The van der Waals surface area contributed by atoms with E-state index in [9.17, 15) is 9.59 Å². The van der Waals surface area contributed by atoms with Gasteiger partial charge in [-0.3, -0.25) is 4.79 Å². The molecule has 152 valence electrons. The van der Waals surface area contributed by atoms with Crippen molar-refractivity contribution in [2.45, 2.75) is 12.6 Å². The molecule has 0 aliphatic carbocycles. The number of hydrogen-bond acceptors (Lipinski definition) is 5. The first kappa shape index (κ1) is 20.4. The van der Waals surface area contributed by atoms with Gasteiger partial charge in [0.2, 0.25) is 0 Å². The highest BCUT2D eigenvalue weighted by atomic mass is 16.6. The van der Waals surface area contributed by atoms with Gasteiger partial charge in [-0.05, 0) is 23.3 Å². The van der Waals surface area contributed by atoms with Crippen LogP contribution < -0.4 is 15.4 Å². The summed E-state index contributed by atoms with van der Waals surface area (Å²) in [5.74, 6) is -0.620. The quantitative estimate of drug-likeness (QED) is 0.529. The molecule has 2 aromatic carbocycles. The number of rotatable bonds is 8. The number of carbonyl (C=O) groups excluding carboxylic acids is 2. The molecule has 1 heterocycles. The molecule has 1 aliphatic rings. The van der Waals surface area contributed by atoms with E-state index in [0.29, 0.717) is 12.4 Å². The summed E-state index contributed by atoms with van der Waals surface area (Å²) in [6, 6.07) is 16.0. The number of benzene rings is 2. The van der Waals surface area contributed by atoms with Crippen molar-refractivity contribution in [3.05, 3.63) is 78.0 Å². The van der Waals surface area contributed by atoms with Crippen LogP contribution in [0.3, 0.4) is 0 Å². The first-order valence-electron chi connectivity index (χ1n) is 9.27. The zero-order chi connectivity index (χ0) is 20.6. The Balaban J connectivity index is 1.77. The first-order valence-corrected chi connectivity index (χ1v) is 9.27. The van der Waals surface area contributed by atoms with Crippen molar-refractivity contribution in [2.75, 3.05) is 20.3 Å². The fourth-order valence-electron chi connectivity index (χ4n) is 3.09. The maximum Gasteiger partial charge on any atom is 0.319 e. The molecule has 0 aromatic heterocycles. The van der Waals surface area contributed by atoms with Crippen molar-refractivity contribution in [3.8, 4) is 5.75 Å². The minimum absolute atomic E-state index is 0.125. The molecule has 1 saturated heterocycles. The van der Waals surface area contributed by atoms with E-state index >= 15 is 0 Å². The molecular weight excluding hydrogens is 372 g/mol.